The number of rotatable bonds is 4. The highest BCUT2D eigenvalue weighted by molar-refractivity contribution is 5.81. The fourth-order valence-electron chi connectivity index (χ4n) is 2.57. The average Bonchev–Trinajstić information content (AvgIpc) is 2.62. The normalized spacial score (nSPS) is 32.9. The quantitative estimate of drug-likeness (QED) is 0.603. The van der Waals surface area contributed by atoms with Crippen LogP contribution in [0.25, 0.3) is 0 Å². The van der Waals surface area contributed by atoms with Crippen molar-refractivity contribution in [1.29, 1.82) is 0 Å². The monoisotopic (exact) mass is 195 g/mol. The molecule has 3 unspecified atom stereocenters. The third-order valence-electron chi connectivity index (χ3n) is 4.19. The standard InChI is InChI=1S/C13H25N/c1-7-9(3)14-11(8-2)12-10(4)13(12,5)6/h10-12H,7-8H2,1-6H3. The second kappa shape index (κ2) is 4.04. The molecule has 0 spiro atoms. The Balaban J connectivity index is 2.66. The Morgan fingerprint density at radius 2 is 1.86 bits per heavy atom. The fraction of sp³-hybridized carbons (Fsp3) is 0.923. The van der Waals surface area contributed by atoms with Gasteiger partial charge in [0.25, 0.3) is 0 Å². The van der Waals surface area contributed by atoms with Crippen LogP contribution in [-0.4, -0.2) is 11.8 Å². The minimum absolute atomic E-state index is 0.526. The fourth-order valence-corrected chi connectivity index (χ4v) is 2.57. The van der Waals surface area contributed by atoms with E-state index >= 15 is 0 Å². The van der Waals surface area contributed by atoms with Crippen LogP contribution in [0.15, 0.2) is 4.99 Å². The number of nitrogens with zero attached hydrogens (tertiary/aromatic N) is 1. The van der Waals surface area contributed by atoms with Gasteiger partial charge in [0.2, 0.25) is 0 Å². The van der Waals surface area contributed by atoms with Gasteiger partial charge in [0, 0.05) is 5.71 Å². The van der Waals surface area contributed by atoms with Crippen molar-refractivity contribution in [2.75, 3.05) is 0 Å². The second-order valence-corrected chi connectivity index (χ2v) is 5.33. The van der Waals surface area contributed by atoms with Crippen LogP contribution in [0.4, 0.5) is 0 Å². The summed E-state index contributed by atoms with van der Waals surface area (Å²) in [6.07, 6.45) is 2.29. The summed E-state index contributed by atoms with van der Waals surface area (Å²) in [5.74, 6) is 1.66. The van der Waals surface area contributed by atoms with Crippen LogP contribution in [0.1, 0.15) is 54.4 Å². The molecule has 1 aliphatic carbocycles. The zero-order chi connectivity index (χ0) is 10.9. The van der Waals surface area contributed by atoms with Crippen molar-refractivity contribution in [3.63, 3.8) is 0 Å². The average molecular weight is 195 g/mol. The molecule has 1 fully saturated rings. The first-order chi connectivity index (χ1) is 6.45. The molecular weight excluding hydrogens is 170 g/mol. The van der Waals surface area contributed by atoms with Gasteiger partial charge in [-0.1, -0.05) is 34.6 Å². The maximum absolute atomic E-state index is 4.84. The topological polar surface area (TPSA) is 12.4 Å². The van der Waals surface area contributed by atoms with E-state index in [0.717, 1.165) is 18.3 Å². The number of hydrogen-bond acceptors (Lipinski definition) is 1. The summed E-state index contributed by atoms with van der Waals surface area (Å²) in [5.41, 5.74) is 1.84. The third kappa shape index (κ3) is 2.02. The maximum atomic E-state index is 4.84. The zero-order valence-corrected chi connectivity index (χ0v) is 10.6. The van der Waals surface area contributed by atoms with E-state index in [4.69, 9.17) is 4.99 Å². The van der Waals surface area contributed by atoms with E-state index in [-0.39, 0.29) is 0 Å². The minimum atomic E-state index is 0.526. The summed E-state index contributed by atoms with van der Waals surface area (Å²) < 4.78 is 0. The summed E-state index contributed by atoms with van der Waals surface area (Å²) in [4.78, 5) is 4.84. The summed E-state index contributed by atoms with van der Waals surface area (Å²) in [7, 11) is 0. The predicted molar refractivity (Wildman–Crippen MR) is 63.9 cm³/mol. The molecule has 14 heavy (non-hydrogen) atoms. The summed E-state index contributed by atoms with van der Waals surface area (Å²) in [5, 5.41) is 0. The van der Waals surface area contributed by atoms with Gasteiger partial charge < -0.3 is 0 Å². The Morgan fingerprint density at radius 1 is 1.36 bits per heavy atom. The smallest absolute Gasteiger partial charge is 0.0532 e. The van der Waals surface area contributed by atoms with Crippen molar-refractivity contribution < 1.29 is 0 Å². The molecule has 0 radical (unpaired) electrons. The van der Waals surface area contributed by atoms with E-state index in [1.807, 2.05) is 0 Å². The van der Waals surface area contributed by atoms with E-state index in [9.17, 15) is 0 Å². The van der Waals surface area contributed by atoms with Crippen molar-refractivity contribution >= 4 is 5.71 Å². The van der Waals surface area contributed by atoms with Crippen LogP contribution >= 0.6 is 0 Å². The maximum Gasteiger partial charge on any atom is 0.0532 e. The lowest BCUT2D eigenvalue weighted by molar-refractivity contribution is 0.471. The molecule has 1 rings (SSSR count). The molecular formula is C13H25N. The van der Waals surface area contributed by atoms with Gasteiger partial charge in [-0.2, -0.15) is 0 Å². The van der Waals surface area contributed by atoms with Crippen LogP contribution in [0.5, 0.6) is 0 Å². The molecule has 0 amide bonds. The Kier molecular flexibility index (Phi) is 3.39. The first-order valence-electron chi connectivity index (χ1n) is 5.98. The molecule has 0 N–H and O–H groups in total. The van der Waals surface area contributed by atoms with Crippen molar-refractivity contribution in [3.05, 3.63) is 0 Å². The van der Waals surface area contributed by atoms with Gasteiger partial charge in [-0.15, -0.1) is 0 Å². The highest BCUT2D eigenvalue weighted by Crippen LogP contribution is 2.60. The molecule has 1 heteroatoms. The van der Waals surface area contributed by atoms with Crippen LogP contribution < -0.4 is 0 Å². The Hall–Kier alpha value is -0.330. The van der Waals surface area contributed by atoms with Crippen LogP contribution in [0.3, 0.4) is 0 Å². The highest BCUT2D eigenvalue weighted by atomic mass is 14.9. The molecule has 0 aliphatic heterocycles. The van der Waals surface area contributed by atoms with E-state index in [0.29, 0.717) is 11.5 Å². The second-order valence-electron chi connectivity index (χ2n) is 5.33. The summed E-state index contributed by atoms with van der Waals surface area (Å²) in [6, 6.07) is 0.569. The molecule has 0 bridgehead atoms. The molecule has 0 aromatic carbocycles. The van der Waals surface area contributed by atoms with E-state index in [1.54, 1.807) is 0 Å². The predicted octanol–water partition coefficient (Wildman–Crippen LogP) is 3.93. The molecule has 0 aromatic rings. The minimum Gasteiger partial charge on any atom is -0.291 e. The molecule has 0 saturated heterocycles. The van der Waals surface area contributed by atoms with Crippen LogP contribution in [-0.2, 0) is 0 Å². The number of hydrogen-bond donors (Lipinski definition) is 0. The third-order valence-corrected chi connectivity index (χ3v) is 4.19. The van der Waals surface area contributed by atoms with E-state index in [1.165, 1.54) is 12.1 Å². The van der Waals surface area contributed by atoms with Crippen molar-refractivity contribution in [2.45, 2.75) is 60.4 Å². The van der Waals surface area contributed by atoms with Gasteiger partial charge in [-0.3, -0.25) is 4.99 Å². The lowest BCUT2D eigenvalue weighted by Gasteiger charge is -2.13. The Labute approximate surface area is 89.0 Å². The van der Waals surface area contributed by atoms with Gasteiger partial charge in [0.05, 0.1) is 6.04 Å². The largest absolute Gasteiger partial charge is 0.291 e. The first-order valence-corrected chi connectivity index (χ1v) is 5.98. The van der Waals surface area contributed by atoms with Gasteiger partial charge >= 0.3 is 0 Å². The summed E-state index contributed by atoms with van der Waals surface area (Å²) in [6.45, 7) is 13.7. The highest BCUT2D eigenvalue weighted by Gasteiger charge is 2.57. The molecule has 82 valence electrons. The molecule has 1 aliphatic rings. The van der Waals surface area contributed by atoms with Gasteiger partial charge in [0.1, 0.15) is 0 Å². The Morgan fingerprint density at radius 3 is 2.14 bits per heavy atom. The molecule has 0 aromatic heterocycles. The molecule has 3 atom stereocenters. The lowest BCUT2D eigenvalue weighted by atomic mass is 10.0. The summed E-state index contributed by atoms with van der Waals surface area (Å²) >= 11 is 0. The van der Waals surface area contributed by atoms with Crippen molar-refractivity contribution in [3.8, 4) is 0 Å². The zero-order valence-electron chi connectivity index (χ0n) is 10.6. The van der Waals surface area contributed by atoms with E-state index in [2.05, 4.69) is 41.5 Å². The number of aliphatic imine (C=N–C) groups is 1. The van der Waals surface area contributed by atoms with Gasteiger partial charge in [0.15, 0.2) is 0 Å². The van der Waals surface area contributed by atoms with Crippen LogP contribution in [0, 0.1) is 17.3 Å². The molecule has 1 nitrogen and oxygen atoms in total. The first kappa shape index (κ1) is 11.7. The molecule has 1 saturated carbocycles. The SMILES string of the molecule is CCC(C)=NC(CC)C1C(C)C1(C)C. The van der Waals surface area contributed by atoms with Gasteiger partial charge in [-0.25, -0.2) is 0 Å². The van der Waals surface area contributed by atoms with Crippen LogP contribution in [0.2, 0.25) is 0 Å². The van der Waals surface area contributed by atoms with Gasteiger partial charge in [-0.05, 0) is 37.0 Å². The lowest BCUT2D eigenvalue weighted by Crippen LogP contribution is -2.12. The van der Waals surface area contributed by atoms with E-state index < -0.39 is 0 Å². The molecule has 0 heterocycles. The Bertz CT molecular complexity index is 227. The van der Waals surface area contributed by atoms with Crippen molar-refractivity contribution in [2.24, 2.45) is 22.2 Å². The van der Waals surface area contributed by atoms with Crippen molar-refractivity contribution in [1.82, 2.24) is 0 Å².